The molecule has 2 N–H and O–H groups in total. The Bertz CT molecular complexity index is 774. The van der Waals surface area contributed by atoms with Gasteiger partial charge in [0, 0.05) is 5.69 Å². The second kappa shape index (κ2) is 5.06. The van der Waals surface area contributed by atoms with Gasteiger partial charge in [0.15, 0.2) is 0 Å². The molecule has 0 aliphatic carbocycles. The fourth-order valence-corrected chi connectivity index (χ4v) is 2.72. The van der Waals surface area contributed by atoms with E-state index in [1.165, 1.54) is 0 Å². The minimum absolute atomic E-state index is 0.0607. The number of halogens is 2. The van der Waals surface area contributed by atoms with Crippen LogP contribution in [-0.4, -0.2) is 16.7 Å². The molecule has 0 unspecified atom stereocenters. The van der Waals surface area contributed by atoms with Crippen LogP contribution in [-0.2, 0) is 6.54 Å². The first kappa shape index (κ1) is 13.9. The maximum absolute atomic E-state index is 12.4. The second-order valence-electron chi connectivity index (χ2n) is 4.68. The first-order valence-electron chi connectivity index (χ1n) is 6.18. The molecule has 1 aliphatic heterocycles. The lowest BCUT2D eigenvalue weighted by molar-refractivity contribution is 0.0643. The average Bonchev–Trinajstić information content (AvgIpc) is 2.70. The van der Waals surface area contributed by atoms with E-state index >= 15 is 0 Å². The number of nitrogen functional groups attached to an aromatic ring is 1. The number of benzene rings is 2. The number of amides is 2. The number of anilines is 1. The number of rotatable bonds is 2. The number of imide groups is 1. The van der Waals surface area contributed by atoms with Crippen LogP contribution in [0.5, 0.6) is 0 Å². The predicted octanol–water partition coefficient (Wildman–Crippen LogP) is 3.37. The molecule has 3 rings (SSSR count). The molecule has 0 radical (unpaired) electrons. The number of hydrogen-bond donors (Lipinski definition) is 1. The number of carbonyl (C=O) groups excluding carboxylic acids is 2. The van der Waals surface area contributed by atoms with Crippen LogP contribution in [0.1, 0.15) is 26.3 Å². The summed E-state index contributed by atoms with van der Waals surface area (Å²) in [6, 6.07) is 9.92. The maximum atomic E-state index is 12.4. The van der Waals surface area contributed by atoms with E-state index in [-0.39, 0.29) is 18.0 Å². The van der Waals surface area contributed by atoms with Gasteiger partial charge >= 0.3 is 0 Å². The highest BCUT2D eigenvalue weighted by atomic mass is 35.5. The van der Waals surface area contributed by atoms with Crippen molar-refractivity contribution in [3.8, 4) is 0 Å². The largest absolute Gasteiger partial charge is 0.398 e. The number of carbonyl (C=O) groups is 2. The smallest absolute Gasteiger partial charge is 0.263 e. The summed E-state index contributed by atoms with van der Waals surface area (Å²) in [5, 5.41) is 0.717. The number of fused-ring (bicyclic) bond motifs is 1. The molecule has 0 fully saturated rings. The van der Waals surface area contributed by atoms with Crippen LogP contribution in [0.15, 0.2) is 36.4 Å². The third-order valence-electron chi connectivity index (χ3n) is 3.39. The molecule has 2 amide bonds. The van der Waals surface area contributed by atoms with E-state index in [4.69, 9.17) is 28.9 Å². The number of hydrogen-bond acceptors (Lipinski definition) is 3. The van der Waals surface area contributed by atoms with Gasteiger partial charge in [-0.05, 0) is 23.8 Å². The van der Waals surface area contributed by atoms with Crippen LogP contribution in [0.2, 0.25) is 10.0 Å². The molecule has 21 heavy (non-hydrogen) atoms. The van der Waals surface area contributed by atoms with Crippen molar-refractivity contribution in [2.45, 2.75) is 6.54 Å². The van der Waals surface area contributed by atoms with Gasteiger partial charge in [0.2, 0.25) is 0 Å². The quantitative estimate of drug-likeness (QED) is 0.681. The van der Waals surface area contributed by atoms with E-state index in [1.807, 2.05) is 0 Å². The molecular formula is C15H10Cl2N2O2. The summed E-state index contributed by atoms with van der Waals surface area (Å²) >= 11 is 12.0. The molecular weight excluding hydrogens is 311 g/mol. The van der Waals surface area contributed by atoms with E-state index in [0.717, 1.165) is 4.90 Å². The van der Waals surface area contributed by atoms with Crippen molar-refractivity contribution in [3.63, 3.8) is 0 Å². The average molecular weight is 321 g/mol. The Morgan fingerprint density at radius 1 is 1.00 bits per heavy atom. The fourth-order valence-electron chi connectivity index (χ4n) is 2.34. The van der Waals surface area contributed by atoms with Crippen LogP contribution >= 0.6 is 23.2 Å². The maximum Gasteiger partial charge on any atom is 0.263 e. The Morgan fingerprint density at radius 3 is 2.43 bits per heavy atom. The molecule has 0 spiro atoms. The fraction of sp³-hybridized carbons (Fsp3) is 0.0667. The summed E-state index contributed by atoms with van der Waals surface area (Å²) in [5.41, 5.74) is 7.26. The summed E-state index contributed by atoms with van der Waals surface area (Å²) in [5.74, 6) is -0.789. The predicted molar refractivity (Wildman–Crippen MR) is 81.5 cm³/mol. The zero-order valence-corrected chi connectivity index (χ0v) is 12.3. The molecule has 1 heterocycles. The van der Waals surface area contributed by atoms with E-state index < -0.39 is 5.91 Å². The van der Waals surface area contributed by atoms with Crippen molar-refractivity contribution in [2.75, 3.05) is 5.73 Å². The molecule has 0 saturated carbocycles. The van der Waals surface area contributed by atoms with Crippen molar-refractivity contribution >= 4 is 40.7 Å². The molecule has 1 aliphatic rings. The van der Waals surface area contributed by atoms with Crippen LogP contribution < -0.4 is 5.73 Å². The second-order valence-corrected chi connectivity index (χ2v) is 5.46. The standard InChI is InChI=1S/C15H10Cl2N2O2/c16-10-5-1-3-8(13(10)17)7-19-14(20)9-4-2-6-11(18)12(9)15(19)21/h1-6H,7,18H2. The number of nitrogens with two attached hydrogens (primary N) is 1. The third kappa shape index (κ3) is 2.17. The van der Waals surface area contributed by atoms with Crippen LogP contribution in [0.25, 0.3) is 0 Å². The summed E-state index contributed by atoms with van der Waals surface area (Å²) in [7, 11) is 0. The summed E-state index contributed by atoms with van der Waals surface area (Å²) in [6.07, 6.45) is 0. The Morgan fingerprint density at radius 2 is 1.71 bits per heavy atom. The van der Waals surface area contributed by atoms with Crippen molar-refractivity contribution in [2.24, 2.45) is 0 Å². The molecule has 0 aromatic heterocycles. The van der Waals surface area contributed by atoms with Gasteiger partial charge in [-0.15, -0.1) is 0 Å². The molecule has 2 aromatic carbocycles. The Balaban J connectivity index is 1.99. The van der Waals surface area contributed by atoms with Gasteiger partial charge < -0.3 is 5.73 Å². The Kier molecular flexibility index (Phi) is 3.35. The van der Waals surface area contributed by atoms with Crippen molar-refractivity contribution < 1.29 is 9.59 Å². The molecule has 2 aromatic rings. The summed E-state index contributed by atoms with van der Waals surface area (Å²) < 4.78 is 0. The van der Waals surface area contributed by atoms with Crippen LogP contribution in [0.4, 0.5) is 5.69 Å². The van der Waals surface area contributed by atoms with E-state index in [0.29, 0.717) is 26.9 Å². The lowest BCUT2D eigenvalue weighted by atomic mass is 10.1. The Hall–Kier alpha value is -2.04. The lowest BCUT2D eigenvalue weighted by Crippen LogP contribution is -2.29. The van der Waals surface area contributed by atoms with Crippen molar-refractivity contribution in [1.29, 1.82) is 0 Å². The third-order valence-corrected chi connectivity index (χ3v) is 4.25. The van der Waals surface area contributed by atoms with Crippen molar-refractivity contribution in [1.82, 2.24) is 4.90 Å². The van der Waals surface area contributed by atoms with Crippen molar-refractivity contribution in [3.05, 3.63) is 63.1 Å². The monoisotopic (exact) mass is 320 g/mol. The molecule has 0 saturated heterocycles. The molecule has 106 valence electrons. The normalized spacial score (nSPS) is 13.7. The summed E-state index contributed by atoms with van der Waals surface area (Å²) in [4.78, 5) is 25.8. The summed E-state index contributed by atoms with van der Waals surface area (Å²) in [6.45, 7) is 0.0607. The first-order valence-corrected chi connectivity index (χ1v) is 6.94. The lowest BCUT2D eigenvalue weighted by Gasteiger charge is -2.15. The van der Waals surface area contributed by atoms with Gasteiger partial charge in [0.25, 0.3) is 11.8 Å². The van der Waals surface area contributed by atoms with Gasteiger partial charge in [0.05, 0.1) is 27.7 Å². The van der Waals surface area contributed by atoms with Gasteiger partial charge in [0.1, 0.15) is 0 Å². The molecule has 6 heteroatoms. The highest BCUT2D eigenvalue weighted by Gasteiger charge is 2.37. The number of nitrogens with zero attached hydrogens (tertiary/aromatic N) is 1. The first-order chi connectivity index (χ1) is 10.0. The topological polar surface area (TPSA) is 63.4 Å². The molecule has 0 atom stereocenters. The zero-order chi connectivity index (χ0) is 15.1. The van der Waals surface area contributed by atoms with Crippen LogP contribution in [0, 0.1) is 0 Å². The van der Waals surface area contributed by atoms with E-state index in [2.05, 4.69) is 0 Å². The van der Waals surface area contributed by atoms with Gasteiger partial charge in [-0.25, -0.2) is 0 Å². The minimum Gasteiger partial charge on any atom is -0.398 e. The SMILES string of the molecule is Nc1cccc2c1C(=O)N(Cc1cccc(Cl)c1Cl)C2=O. The minimum atomic E-state index is -0.413. The molecule has 0 bridgehead atoms. The molecule has 4 nitrogen and oxygen atoms in total. The highest BCUT2D eigenvalue weighted by Crippen LogP contribution is 2.31. The highest BCUT2D eigenvalue weighted by molar-refractivity contribution is 6.42. The van der Waals surface area contributed by atoms with Gasteiger partial charge in [-0.3, -0.25) is 14.5 Å². The van der Waals surface area contributed by atoms with E-state index in [9.17, 15) is 9.59 Å². The van der Waals surface area contributed by atoms with Gasteiger partial charge in [-0.1, -0.05) is 41.4 Å². The van der Waals surface area contributed by atoms with Crippen LogP contribution in [0.3, 0.4) is 0 Å². The Labute approximate surface area is 131 Å². The zero-order valence-electron chi connectivity index (χ0n) is 10.8. The van der Waals surface area contributed by atoms with Gasteiger partial charge in [-0.2, -0.15) is 0 Å². The van der Waals surface area contributed by atoms with E-state index in [1.54, 1.807) is 36.4 Å².